The second kappa shape index (κ2) is 8.76. The van der Waals surface area contributed by atoms with Crippen molar-refractivity contribution in [1.29, 1.82) is 0 Å². The number of para-hydroxylation sites is 2. The van der Waals surface area contributed by atoms with E-state index < -0.39 is 23.4 Å². The Morgan fingerprint density at radius 2 is 1.88 bits per heavy atom. The highest BCUT2D eigenvalue weighted by Gasteiger charge is 2.22. The molecule has 1 aromatic carbocycles. The molecule has 0 aliphatic heterocycles. The minimum Gasteiger partial charge on any atom is -0.491 e. The van der Waals surface area contributed by atoms with Crippen molar-refractivity contribution in [2.75, 3.05) is 11.9 Å². The quantitative estimate of drug-likeness (QED) is 0.545. The van der Waals surface area contributed by atoms with Crippen LogP contribution in [0.5, 0.6) is 5.75 Å². The molecule has 24 heavy (non-hydrogen) atoms. The van der Waals surface area contributed by atoms with Gasteiger partial charge in [-0.25, -0.2) is 4.79 Å². The number of ether oxygens (including phenoxy) is 1. The van der Waals surface area contributed by atoms with Crippen molar-refractivity contribution in [2.24, 2.45) is 5.73 Å². The van der Waals surface area contributed by atoms with E-state index in [1.807, 2.05) is 0 Å². The summed E-state index contributed by atoms with van der Waals surface area (Å²) in [6.07, 6.45) is 0.329. The van der Waals surface area contributed by atoms with Crippen LogP contribution in [0.25, 0.3) is 0 Å². The van der Waals surface area contributed by atoms with Crippen molar-refractivity contribution < 1.29 is 24.2 Å². The van der Waals surface area contributed by atoms with Gasteiger partial charge in [-0.05, 0) is 32.4 Å². The van der Waals surface area contributed by atoms with Crippen LogP contribution in [0.2, 0.25) is 0 Å². The average Bonchev–Trinajstić information content (AvgIpc) is 2.46. The summed E-state index contributed by atoms with van der Waals surface area (Å²) in [6, 6.07) is 6.30. The van der Waals surface area contributed by atoms with Crippen LogP contribution >= 0.6 is 0 Å². The molecule has 5 N–H and O–H groups in total. The highest BCUT2D eigenvalue weighted by molar-refractivity contribution is 5.91. The zero-order valence-electron chi connectivity index (χ0n) is 13.8. The molecule has 0 heterocycles. The monoisotopic (exact) mass is 337 g/mol. The summed E-state index contributed by atoms with van der Waals surface area (Å²) in [6.45, 7) is 3.59. The number of carbonyl (C=O) groups excluding carboxylic acids is 2. The van der Waals surface area contributed by atoms with Crippen molar-refractivity contribution in [3.8, 4) is 5.75 Å². The van der Waals surface area contributed by atoms with Gasteiger partial charge in [-0.2, -0.15) is 0 Å². The number of anilines is 1. The summed E-state index contributed by atoms with van der Waals surface area (Å²) in [5, 5.41) is 14.1. The largest absolute Gasteiger partial charge is 0.491 e. The Morgan fingerprint density at radius 1 is 1.21 bits per heavy atom. The SMILES string of the molecule is CC(C)(CCC(=O)O)NC(=O)Nc1ccccc1OCCC(N)=O. The summed E-state index contributed by atoms with van der Waals surface area (Å²) in [5.41, 5.74) is 4.82. The molecule has 0 fully saturated rings. The van der Waals surface area contributed by atoms with Crippen molar-refractivity contribution in [2.45, 2.75) is 38.6 Å². The number of carboxylic acid groups (broad SMARTS) is 1. The molecular formula is C16H23N3O5. The Hall–Kier alpha value is -2.77. The Balaban J connectivity index is 2.63. The first kappa shape index (κ1) is 19.3. The van der Waals surface area contributed by atoms with Gasteiger partial charge in [0.05, 0.1) is 18.7 Å². The molecule has 0 unspecified atom stereocenters. The third kappa shape index (κ3) is 7.48. The number of rotatable bonds is 9. The smallest absolute Gasteiger partial charge is 0.319 e. The number of nitrogens with one attached hydrogen (secondary N) is 2. The fourth-order valence-corrected chi connectivity index (χ4v) is 1.90. The highest BCUT2D eigenvalue weighted by atomic mass is 16.5. The lowest BCUT2D eigenvalue weighted by atomic mass is 9.99. The maximum absolute atomic E-state index is 12.1. The predicted molar refractivity (Wildman–Crippen MR) is 88.9 cm³/mol. The Bertz CT molecular complexity index is 601. The van der Waals surface area contributed by atoms with Gasteiger partial charge in [-0.15, -0.1) is 0 Å². The van der Waals surface area contributed by atoms with E-state index in [4.69, 9.17) is 15.6 Å². The van der Waals surface area contributed by atoms with E-state index >= 15 is 0 Å². The van der Waals surface area contributed by atoms with E-state index in [0.717, 1.165) is 0 Å². The molecule has 3 amide bonds. The van der Waals surface area contributed by atoms with Gasteiger partial charge >= 0.3 is 12.0 Å². The maximum atomic E-state index is 12.1. The zero-order chi connectivity index (χ0) is 18.2. The number of primary amides is 1. The van der Waals surface area contributed by atoms with E-state index in [1.165, 1.54) is 0 Å². The second-order valence-electron chi connectivity index (χ2n) is 5.92. The van der Waals surface area contributed by atoms with Gasteiger partial charge in [-0.1, -0.05) is 12.1 Å². The number of nitrogens with two attached hydrogens (primary N) is 1. The van der Waals surface area contributed by atoms with Gasteiger partial charge in [-0.3, -0.25) is 9.59 Å². The van der Waals surface area contributed by atoms with E-state index in [9.17, 15) is 14.4 Å². The Morgan fingerprint density at radius 3 is 2.50 bits per heavy atom. The number of amides is 3. The molecule has 0 atom stereocenters. The van der Waals surface area contributed by atoms with Crippen molar-refractivity contribution in [1.82, 2.24) is 5.32 Å². The lowest BCUT2D eigenvalue weighted by Crippen LogP contribution is -2.45. The van der Waals surface area contributed by atoms with Crippen molar-refractivity contribution in [3.63, 3.8) is 0 Å². The lowest BCUT2D eigenvalue weighted by Gasteiger charge is -2.26. The molecule has 1 rings (SSSR count). The summed E-state index contributed by atoms with van der Waals surface area (Å²) >= 11 is 0. The molecule has 0 aromatic heterocycles. The van der Waals surface area contributed by atoms with Crippen LogP contribution in [-0.2, 0) is 9.59 Å². The third-order valence-electron chi connectivity index (χ3n) is 3.16. The third-order valence-corrected chi connectivity index (χ3v) is 3.16. The molecule has 0 aliphatic rings. The minimum atomic E-state index is -0.918. The normalized spacial score (nSPS) is 10.8. The van der Waals surface area contributed by atoms with Crippen LogP contribution in [0.4, 0.5) is 10.5 Å². The zero-order valence-corrected chi connectivity index (χ0v) is 13.8. The number of hydrogen-bond donors (Lipinski definition) is 4. The molecule has 0 saturated carbocycles. The number of hydrogen-bond acceptors (Lipinski definition) is 4. The first-order valence-corrected chi connectivity index (χ1v) is 7.51. The second-order valence-corrected chi connectivity index (χ2v) is 5.92. The molecule has 0 spiro atoms. The topological polar surface area (TPSA) is 131 Å². The number of aliphatic carboxylic acids is 1. The lowest BCUT2D eigenvalue weighted by molar-refractivity contribution is -0.137. The van der Waals surface area contributed by atoms with Gasteiger partial charge in [0.2, 0.25) is 5.91 Å². The molecule has 0 radical (unpaired) electrons. The van der Waals surface area contributed by atoms with E-state index in [2.05, 4.69) is 10.6 Å². The van der Waals surface area contributed by atoms with Crippen molar-refractivity contribution in [3.05, 3.63) is 24.3 Å². The molecule has 0 aliphatic carbocycles. The van der Waals surface area contributed by atoms with Gasteiger partial charge in [0.15, 0.2) is 0 Å². The summed E-state index contributed by atoms with van der Waals surface area (Å²) in [7, 11) is 0. The molecule has 8 heteroatoms. The first-order valence-electron chi connectivity index (χ1n) is 7.51. The van der Waals surface area contributed by atoms with Crippen LogP contribution in [0.1, 0.15) is 33.1 Å². The van der Waals surface area contributed by atoms with E-state index in [0.29, 0.717) is 17.9 Å². The van der Waals surface area contributed by atoms with Gasteiger partial charge in [0, 0.05) is 12.0 Å². The van der Waals surface area contributed by atoms with Crippen molar-refractivity contribution >= 4 is 23.6 Å². The van der Waals surface area contributed by atoms with Crippen LogP contribution in [-0.4, -0.2) is 35.2 Å². The summed E-state index contributed by atoms with van der Waals surface area (Å²) in [4.78, 5) is 33.5. The molecule has 132 valence electrons. The number of benzene rings is 1. The molecule has 0 saturated heterocycles. The number of carbonyl (C=O) groups is 3. The summed E-state index contributed by atoms with van der Waals surface area (Å²) < 4.78 is 5.44. The Labute approximate surface area is 140 Å². The predicted octanol–water partition coefficient (Wildman–Crippen LogP) is 1.71. The maximum Gasteiger partial charge on any atom is 0.319 e. The molecule has 1 aromatic rings. The fraction of sp³-hybridized carbons (Fsp3) is 0.438. The van der Waals surface area contributed by atoms with E-state index in [-0.39, 0.29) is 19.4 Å². The molecule has 8 nitrogen and oxygen atoms in total. The van der Waals surface area contributed by atoms with Gasteiger partial charge in [0.25, 0.3) is 0 Å². The standard InChI is InChI=1S/C16H23N3O5/c1-16(2,9-7-14(21)22)19-15(23)18-11-5-3-4-6-12(11)24-10-8-13(17)20/h3-6H,7-10H2,1-2H3,(H2,17,20)(H,21,22)(H2,18,19,23). The van der Waals surface area contributed by atoms with Crippen LogP contribution in [0.15, 0.2) is 24.3 Å². The summed E-state index contributed by atoms with van der Waals surface area (Å²) in [5.74, 6) is -0.978. The molecular weight excluding hydrogens is 314 g/mol. The number of urea groups is 1. The van der Waals surface area contributed by atoms with Gasteiger partial charge in [0.1, 0.15) is 5.75 Å². The van der Waals surface area contributed by atoms with Crippen LogP contribution in [0.3, 0.4) is 0 Å². The fourth-order valence-electron chi connectivity index (χ4n) is 1.90. The van der Waals surface area contributed by atoms with Crippen LogP contribution in [0, 0.1) is 0 Å². The average molecular weight is 337 g/mol. The molecule has 0 bridgehead atoms. The first-order chi connectivity index (χ1) is 11.2. The van der Waals surface area contributed by atoms with Crippen LogP contribution < -0.4 is 21.1 Å². The highest BCUT2D eigenvalue weighted by Crippen LogP contribution is 2.24. The van der Waals surface area contributed by atoms with Gasteiger partial charge < -0.3 is 26.2 Å². The van der Waals surface area contributed by atoms with E-state index in [1.54, 1.807) is 38.1 Å². The number of carboxylic acids is 1. The Kier molecular flexibility index (Phi) is 7.03. The minimum absolute atomic E-state index is 0.0416.